The summed E-state index contributed by atoms with van der Waals surface area (Å²) in [6.07, 6.45) is 0. The number of aromatic nitrogens is 6. The van der Waals surface area contributed by atoms with Crippen LogP contribution < -0.4 is 4.74 Å². The second-order valence-corrected chi connectivity index (χ2v) is 18.6. The zero-order valence-corrected chi connectivity index (χ0v) is 39.8. The first kappa shape index (κ1) is 42.9. The maximum atomic E-state index is 6.76. The number of rotatable bonds is 8. The van der Waals surface area contributed by atoms with Crippen LogP contribution in [0.5, 0.6) is 11.5 Å². The molecular formula is C67H42N6O. The minimum atomic E-state index is -0.770. The Bertz CT molecular complexity index is 3870. The van der Waals surface area contributed by atoms with Crippen LogP contribution in [-0.2, 0) is 5.41 Å². The molecule has 0 bridgehead atoms. The Morgan fingerprint density at radius 3 is 0.973 bits per heavy atom. The minimum absolute atomic E-state index is 0.569. The van der Waals surface area contributed by atoms with Crippen molar-refractivity contribution in [2.24, 2.45) is 0 Å². The number of fused-ring (bicyclic) bond motifs is 9. The van der Waals surface area contributed by atoms with Crippen LogP contribution in [0.15, 0.2) is 255 Å². The van der Waals surface area contributed by atoms with Gasteiger partial charge < -0.3 is 4.74 Å². The molecule has 2 aromatic heterocycles. The summed E-state index contributed by atoms with van der Waals surface area (Å²) in [5.74, 6) is 5.16. The van der Waals surface area contributed by atoms with Crippen molar-refractivity contribution in [3.05, 3.63) is 277 Å². The predicted molar refractivity (Wildman–Crippen MR) is 294 cm³/mol. The standard InChI is InChI=1S/C67H42N6O/c1-5-17-43(18-6-1)45-29-33-49(34-30-45)63-69-64(50-35-31-46(32-36-50)44-19-7-2-8-20-44)73-66(72-63)52-37-39-53-54-41-51(65-70-61(47-21-9-3-10-22-47)68-62(71-65)48-23-11-4-12-24-48)38-40-55(54)67(58(53)42-52)56-25-13-15-27-59(56)74-60-28-16-14-26-57(60)67/h1-42H. The molecule has 2 aliphatic rings. The Balaban J connectivity index is 0.967. The molecule has 0 unspecified atom stereocenters. The van der Waals surface area contributed by atoms with Crippen LogP contribution >= 0.6 is 0 Å². The van der Waals surface area contributed by atoms with Crippen molar-refractivity contribution in [3.63, 3.8) is 0 Å². The molecule has 1 aliphatic heterocycles. The lowest BCUT2D eigenvalue weighted by Gasteiger charge is -2.39. The Morgan fingerprint density at radius 2 is 0.527 bits per heavy atom. The quantitative estimate of drug-likeness (QED) is 0.150. The Labute approximate surface area is 428 Å². The van der Waals surface area contributed by atoms with Crippen molar-refractivity contribution in [2.75, 3.05) is 0 Å². The lowest BCUT2D eigenvalue weighted by Crippen LogP contribution is -2.32. The molecule has 0 atom stereocenters. The van der Waals surface area contributed by atoms with Crippen molar-refractivity contribution in [1.82, 2.24) is 29.9 Å². The average molecular weight is 947 g/mol. The van der Waals surface area contributed by atoms with Gasteiger partial charge in [0.25, 0.3) is 0 Å². The molecule has 0 amide bonds. The fourth-order valence-electron chi connectivity index (χ4n) is 10.8. The molecule has 0 fully saturated rings. The number of hydrogen-bond acceptors (Lipinski definition) is 7. The first-order valence-electron chi connectivity index (χ1n) is 24.8. The van der Waals surface area contributed by atoms with Crippen molar-refractivity contribution < 1.29 is 4.74 Å². The number of ether oxygens (including phenoxy) is 1. The zero-order valence-electron chi connectivity index (χ0n) is 39.8. The third kappa shape index (κ3) is 7.29. The van der Waals surface area contributed by atoms with E-state index in [9.17, 15) is 0 Å². The molecule has 14 rings (SSSR count). The van der Waals surface area contributed by atoms with Crippen LogP contribution in [0.25, 0.3) is 102 Å². The van der Waals surface area contributed by atoms with Gasteiger partial charge in [0.2, 0.25) is 0 Å². The van der Waals surface area contributed by atoms with Crippen LogP contribution in [-0.4, -0.2) is 29.9 Å². The van der Waals surface area contributed by atoms with E-state index in [0.29, 0.717) is 34.9 Å². The first-order chi connectivity index (χ1) is 36.6. The van der Waals surface area contributed by atoms with Crippen LogP contribution in [0.4, 0.5) is 0 Å². The third-order valence-corrected chi connectivity index (χ3v) is 14.3. The largest absolute Gasteiger partial charge is 0.457 e. The second kappa shape index (κ2) is 17.7. The predicted octanol–water partition coefficient (Wildman–Crippen LogP) is 15.9. The number of nitrogens with zero attached hydrogens (tertiary/aromatic N) is 6. The fraction of sp³-hybridized carbons (Fsp3) is 0.0149. The van der Waals surface area contributed by atoms with Crippen molar-refractivity contribution >= 4 is 0 Å². The summed E-state index contributed by atoms with van der Waals surface area (Å²) >= 11 is 0. The Morgan fingerprint density at radius 1 is 0.216 bits per heavy atom. The van der Waals surface area contributed by atoms with Gasteiger partial charge in [-0.05, 0) is 68.8 Å². The Kier molecular flexibility index (Phi) is 10.3. The molecule has 1 aliphatic carbocycles. The normalized spacial score (nSPS) is 12.5. The molecule has 12 aromatic rings. The summed E-state index contributed by atoms with van der Waals surface area (Å²) in [6.45, 7) is 0. The van der Waals surface area contributed by atoms with Gasteiger partial charge in [-0.15, -0.1) is 0 Å². The zero-order chi connectivity index (χ0) is 49.0. The van der Waals surface area contributed by atoms with E-state index in [1.807, 2.05) is 84.9 Å². The van der Waals surface area contributed by atoms with E-state index in [0.717, 1.165) is 101 Å². The topological polar surface area (TPSA) is 86.6 Å². The summed E-state index contributed by atoms with van der Waals surface area (Å²) in [5.41, 5.74) is 15.6. The maximum absolute atomic E-state index is 6.76. The smallest absolute Gasteiger partial charge is 0.164 e. The van der Waals surface area contributed by atoms with Crippen molar-refractivity contribution in [1.29, 1.82) is 0 Å². The van der Waals surface area contributed by atoms with Crippen LogP contribution in [0, 0.1) is 0 Å². The summed E-state index contributed by atoms with van der Waals surface area (Å²) in [7, 11) is 0. The van der Waals surface area contributed by atoms with Crippen LogP contribution in [0.3, 0.4) is 0 Å². The molecule has 10 aromatic carbocycles. The number of benzene rings is 10. The molecule has 0 saturated carbocycles. The van der Waals surface area contributed by atoms with Crippen molar-refractivity contribution in [3.8, 4) is 113 Å². The molecule has 3 heterocycles. The highest BCUT2D eigenvalue weighted by Gasteiger charge is 2.51. The monoisotopic (exact) mass is 946 g/mol. The lowest BCUT2D eigenvalue weighted by molar-refractivity contribution is 0.436. The van der Waals surface area contributed by atoms with Gasteiger partial charge in [0, 0.05) is 44.5 Å². The van der Waals surface area contributed by atoms with Gasteiger partial charge in [0.15, 0.2) is 34.9 Å². The lowest BCUT2D eigenvalue weighted by atomic mass is 9.66. The Hall–Kier alpha value is -9.98. The SMILES string of the molecule is c1ccc(-c2ccc(-c3nc(-c4ccc(-c5ccccc5)cc4)nc(-c4ccc5c(c4)C4(c6ccccc6Oc6ccccc64)c4ccc(-c6nc(-c7ccccc7)nc(-c7ccccc7)n6)cc4-5)n3)cc2)cc1. The highest BCUT2D eigenvalue weighted by molar-refractivity contribution is 5.92. The van der Waals surface area contributed by atoms with Crippen LogP contribution in [0.1, 0.15) is 22.3 Å². The van der Waals surface area contributed by atoms with Gasteiger partial charge in [-0.3, -0.25) is 0 Å². The first-order valence-corrected chi connectivity index (χ1v) is 24.8. The van der Waals surface area contributed by atoms with E-state index in [4.69, 9.17) is 34.6 Å². The van der Waals surface area contributed by atoms with E-state index in [-0.39, 0.29) is 0 Å². The molecule has 0 saturated heterocycles. The summed E-state index contributed by atoms with van der Waals surface area (Å²) in [4.78, 5) is 31.1. The van der Waals surface area contributed by atoms with Gasteiger partial charge in [0.1, 0.15) is 11.5 Å². The summed E-state index contributed by atoms with van der Waals surface area (Å²) in [6, 6.07) is 88.1. The van der Waals surface area contributed by atoms with E-state index in [1.54, 1.807) is 0 Å². The number of para-hydroxylation sites is 2. The van der Waals surface area contributed by atoms with Gasteiger partial charge in [0.05, 0.1) is 5.41 Å². The third-order valence-electron chi connectivity index (χ3n) is 14.3. The van der Waals surface area contributed by atoms with Crippen molar-refractivity contribution in [2.45, 2.75) is 5.41 Å². The molecule has 7 nitrogen and oxygen atoms in total. The average Bonchev–Trinajstić information content (AvgIpc) is 3.78. The molecule has 346 valence electrons. The molecule has 0 radical (unpaired) electrons. The van der Waals surface area contributed by atoms with E-state index in [2.05, 4.69) is 170 Å². The fourth-order valence-corrected chi connectivity index (χ4v) is 10.8. The van der Waals surface area contributed by atoms with Gasteiger partial charge >= 0.3 is 0 Å². The van der Waals surface area contributed by atoms with Crippen LogP contribution in [0.2, 0.25) is 0 Å². The van der Waals surface area contributed by atoms with E-state index >= 15 is 0 Å². The minimum Gasteiger partial charge on any atom is -0.457 e. The van der Waals surface area contributed by atoms with Gasteiger partial charge in [-0.1, -0.05) is 231 Å². The molecular weight excluding hydrogens is 905 g/mol. The number of hydrogen-bond donors (Lipinski definition) is 0. The molecule has 0 N–H and O–H groups in total. The molecule has 74 heavy (non-hydrogen) atoms. The van der Waals surface area contributed by atoms with E-state index < -0.39 is 5.41 Å². The second-order valence-electron chi connectivity index (χ2n) is 18.6. The van der Waals surface area contributed by atoms with E-state index in [1.165, 1.54) is 0 Å². The molecule has 7 heteroatoms. The van der Waals surface area contributed by atoms with Gasteiger partial charge in [-0.25, -0.2) is 29.9 Å². The highest BCUT2D eigenvalue weighted by Crippen LogP contribution is 2.62. The van der Waals surface area contributed by atoms with Gasteiger partial charge in [-0.2, -0.15) is 0 Å². The summed E-state index contributed by atoms with van der Waals surface area (Å²) in [5, 5.41) is 0. The summed E-state index contributed by atoms with van der Waals surface area (Å²) < 4.78 is 6.76. The highest BCUT2D eigenvalue weighted by atomic mass is 16.5. The maximum Gasteiger partial charge on any atom is 0.164 e. The molecule has 1 spiro atoms.